The molecular weight excluding hydrogens is 497 g/mol. The van der Waals surface area contributed by atoms with E-state index in [1.165, 1.54) is 0 Å². The highest BCUT2D eigenvalue weighted by atomic mass is 79.9. The van der Waals surface area contributed by atoms with E-state index in [-0.39, 0.29) is 18.3 Å². The van der Waals surface area contributed by atoms with Gasteiger partial charge in [-0.3, -0.25) is 4.79 Å². The predicted molar refractivity (Wildman–Crippen MR) is 116 cm³/mol. The van der Waals surface area contributed by atoms with Crippen molar-refractivity contribution in [3.05, 3.63) is 68.6 Å². The zero-order chi connectivity index (χ0) is 18.5. The number of hydrogen-bond acceptors (Lipinski definition) is 3. The lowest BCUT2D eigenvalue weighted by atomic mass is 10.2. The fraction of sp³-hybridized carbons (Fsp3) is 0.222. The Kier molecular flexibility index (Phi) is 7.94. The smallest absolute Gasteiger partial charge is 0.267 e. The highest BCUT2D eigenvalue weighted by molar-refractivity contribution is 9.13. The largest absolute Gasteiger partial charge is 0.369 e. The zero-order valence-corrected chi connectivity index (χ0v) is 18.4. The number of amides is 1. The second kappa shape index (κ2) is 9.96. The molecule has 0 saturated carbocycles. The summed E-state index contributed by atoms with van der Waals surface area (Å²) in [6.07, 6.45) is 3.30. The monoisotopic (exact) mass is 515 g/mol. The minimum atomic E-state index is -0.101. The number of carbonyl (C=O) groups excluding carboxylic acids is 1. The Morgan fingerprint density at radius 1 is 1.26 bits per heavy atom. The fourth-order valence-electron chi connectivity index (χ4n) is 2.68. The van der Waals surface area contributed by atoms with Crippen LogP contribution in [0.15, 0.2) is 51.7 Å². The highest BCUT2D eigenvalue weighted by Crippen LogP contribution is 2.28. The molecule has 3 rings (SSSR count). The molecule has 0 aliphatic carbocycles. The van der Waals surface area contributed by atoms with Crippen molar-refractivity contribution in [3.8, 4) is 0 Å². The molecule has 0 bridgehead atoms. The van der Waals surface area contributed by atoms with Crippen molar-refractivity contribution in [1.82, 2.24) is 19.9 Å². The first-order valence-electron chi connectivity index (χ1n) is 8.20. The maximum Gasteiger partial charge on any atom is 0.267 e. The van der Waals surface area contributed by atoms with Gasteiger partial charge in [-0.05, 0) is 56.3 Å². The van der Waals surface area contributed by atoms with Crippen LogP contribution >= 0.6 is 44.3 Å². The van der Waals surface area contributed by atoms with Gasteiger partial charge in [0.15, 0.2) is 5.95 Å². The lowest BCUT2D eigenvalue weighted by Gasteiger charge is -2.11. The van der Waals surface area contributed by atoms with E-state index in [2.05, 4.69) is 47.1 Å². The summed E-state index contributed by atoms with van der Waals surface area (Å²) in [5, 5.41) is 2.98. The molecule has 4 N–H and O–H groups in total. The third-order valence-electron chi connectivity index (χ3n) is 3.96. The van der Waals surface area contributed by atoms with Gasteiger partial charge in [0.05, 0.1) is 15.3 Å². The molecule has 144 valence electrons. The number of aromatic amines is 1. The molecular formula is C18H20Br2ClN5O. The van der Waals surface area contributed by atoms with Crippen molar-refractivity contribution in [2.75, 3.05) is 12.3 Å². The van der Waals surface area contributed by atoms with E-state index < -0.39 is 0 Å². The number of hydrogen-bond donors (Lipinski definition) is 3. The van der Waals surface area contributed by atoms with Gasteiger partial charge in [-0.15, -0.1) is 12.4 Å². The van der Waals surface area contributed by atoms with Crippen LogP contribution in [-0.4, -0.2) is 27.0 Å². The summed E-state index contributed by atoms with van der Waals surface area (Å²) in [7, 11) is 0. The van der Waals surface area contributed by atoms with Gasteiger partial charge in [0.1, 0.15) is 5.69 Å². The number of nitrogens with two attached hydrogens (primary N) is 1. The van der Waals surface area contributed by atoms with Crippen LogP contribution in [0.25, 0.3) is 0 Å². The Hall–Kier alpha value is -1.77. The lowest BCUT2D eigenvalue weighted by molar-refractivity contribution is 0.0944. The molecule has 0 spiro atoms. The van der Waals surface area contributed by atoms with Crippen LogP contribution in [0, 0.1) is 0 Å². The van der Waals surface area contributed by atoms with E-state index in [1.807, 2.05) is 41.0 Å². The molecule has 0 atom stereocenters. The molecule has 0 unspecified atom stereocenters. The van der Waals surface area contributed by atoms with Gasteiger partial charge in [-0.1, -0.05) is 30.3 Å². The van der Waals surface area contributed by atoms with Gasteiger partial charge in [-0.2, -0.15) is 0 Å². The first-order valence-corrected chi connectivity index (χ1v) is 9.79. The normalized spacial score (nSPS) is 10.4. The maximum absolute atomic E-state index is 12.6. The number of carbonyl (C=O) groups is 1. The number of aryl methyl sites for hydroxylation is 1. The predicted octanol–water partition coefficient (Wildman–Crippen LogP) is 4.15. The SMILES string of the molecule is Cl.Nc1ncc(CCCNC(=O)c2cc(Br)c(Br)n2Cc2ccccc2)[nH]1. The number of halogens is 3. The second-order valence-corrected chi connectivity index (χ2v) is 7.50. The number of H-pyrrole nitrogens is 1. The Bertz CT molecular complexity index is 895. The summed E-state index contributed by atoms with van der Waals surface area (Å²) < 4.78 is 3.65. The van der Waals surface area contributed by atoms with Crippen LogP contribution < -0.4 is 11.1 Å². The van der Waals surface area contributed by atoms with Crippen LogP contribution in [0.2, 0.25) is 0 Å². The summed E-state index contributed by atoms with van der Waals surface area (Å²) in [5.74, 6) is 0.314. The first kappa shape index (κ1) is 21.5. The summed E-state index contributed by atoms with van der Waals surface area (Å²) in [4.78, 5) is 19.6. The van der Waals surface area contributed by atoms with E-state index in [0.717, 1.165) is 33.2 Å². The molecule has 0 radical (unpaired) electrons. The molecule has 0 saturated heterocycles. The van der Waals surface area contributed by atoms with Crippen molar-refractivity contribution in [3.63, 3.8) is 0 Å². The van der Waals surface area contributed by atoms with E-state index in [9.17, 15) is 4.79 Å². The summed E-state index contributed by atoms with van der Waals surface area (Å²) in [5.41, 5.74) is 8.26. The van der Waals surface area contributed by atoms with Gasteiger partial charge >= 0.3 is 0 Å². The molecule has 1 aromatic carbocycles. The maximum atomic E-state index is 12.6. The molecule has 1 amide bonds. The van der Waals surface area contributed by atoms with Crippen LogP contribution in [0.3, 0.4) is 0 Å². The zero-order valence-electron chi connectivity index (χ0n) is 14.4. The van der Waals surface area contributed by atoms with Gasteiger partial charge < -0.3 is 20.6 Å². The first-order chi connectivity index (χ1) is 12.5. The number of imidazole rings is 1. The molecule has 27 heavy (non-hydrogen) atoms. The summed E-state index contributed by atoms with van der Waals surface area (Å²) in [6, 6.07) is 11.9. The molecule has 0 aliphatic rings. The minimum Gasteiger partial charge on any atom is -0.369 e. The number of rotatable bonds is 7. The summed E-state index contributed by atoms with van der Waals surface area (Å²) in [6.45, 7) is 1.19. The number of nitrogen functional groups attached to an aromatic ring is 1. The van der Waals surface area contributed by atoms with Crippen LogP contribution in [0.4, 0.5) is 5.95 Å². The number of aromatic nitrogens is 3. The molecule has 2 aromatic heterocycles. The van der Waals surface area contributed by atoms with Crippen LogP contribution in [-0.2, 0) is 13.0 Å². The number of nitrogens with zero attached hydrogens (tertiary/aromatic N) is 2. The molecule has 9 heteroatoms. The third-order valence-corrected chi connectivity index (χ3v) is 5.95. The molecule has 2 heterocycles. The van der Waals surface area contributed by atoms with Crippen molar-refractivity contribution in [2.24, 2.45) is 0 Å². The van der Waals surface area contributed by atoms with Crippen molar-refractivity contribution < 1.29 is 4.79 Å². The van der Waals surface area contributed by atoms with Gasteiger partial charge in [0.25, 0.3) is 5.91 Å². The fourth-order valence-corrected chi connectivity index (χ4v) is 3.54. The standard InChI is InChI=1S/C18H19Br2N5O.ClH/c19-14-9-15(25(16(14)20)11-12-5-2-1-3-6-12)17(26)22-8-4-7-13-10-23-18(21)24-13;/h1-3,5-6,9-10H,4,7-8,11H2,(H,22,26)(H3,21,23,24);1H. The Labute approximate surface area is 180 Å². The highest BCUT2D eigenvalue weighted by Gasteiger charge is 2.17. The van der Waals surface area contributed by atoms with Crippen molar-refractivity contribution in [1.29, 1.82) is 0 Å². The van der Waals surface area contributed by atoms with Crippen LogP contribution in [0.5, 0.6) is 0 Å². The molecule has 0 aliphatic heterocycles. The number of anilines is 1. The van der Waals surface area contributed by atoms with Gasteiger partial charge in [-0.25, -0.2) is 4.98 Å². The topological polar surface area (TPSA) is 88.7 Å². The average molecular weight is 518 g/mol. The Balaban J connectivity index is 0.00000261. The summed E-state index contributed by atoms with van der Waals surface area (Å²) >= 11 is 7.05. The quantitative estimate of drug-likeness (QED) is 0.412. The number of benzene rings is 1. The third kappa shape index (κ3) is 5.60. The molecule has 6 nitrogen and oxygen atoms in total. The van der Waals surface area contributed by atoms with E-state index in [1.54, 1.807) is 6.20 Å². The Morgan fingerprint density at radius 3 is 2.67 bits per heavy atom. The minimum absolute atomic E-state index is 0. The van der Waals surface area contributed by atoms with Crippen molar-refractivity contribution in [2.45, 2.75) is 19.4 Å². The average Bonchev–Trinajstić information content (AvgIpc) is 3.17. The van der Waals surface area contributed by atoms with Crippen LogP contribution in [0.1, 0.15) is 28.2 Å². The van der Waals surface area contributed by atoms with E-state index in [0.29, 0.717) is 24.7 Å². The number of nitrogens with one attached hydrogen (secondary N) is 2. The van der Waals surface area contributed by atoms with E-state index in [4.69, 9.17) is 5.73 Å². The Morgan fingerprint density at radius 2 is 2.00 bits per heavy atom. The second-order valence-electron chi connectivity index (χ2n) is 5.89. The van der Waals surface area contributed by atoms with E-state index >= 15 is 0 Å². The van der Waals surface area contributed by atoms with Crippen molar-refractivity contribution >= 4 is 56.1 Å². The molecule has 0 fully saturated rings. The van der Waals surface area contributed by atoms with Gasteiger partial charge in [0.2, 0.25) is 0 Å². The van der Waals surface area contributed by atoms with Gasteiger partial charge in [0, 0.05) is 18.8 Å². The lowest BCUT2D eigenvalue weighted by Crippen LogP contribution is -2.27. The molecule has 3 aromatic rings.